The molecule has 1 aliphatic rings. The van der Waals surface area contributed by atoms with E-state index in [1.165, 1.54) is 6.07 Å². The fourth-order valence-electron chi connectivity index (χ4n) is 1.88. The first kappa shape index (κ1) is 13.9. The summed E-state index contributed by atoms with van der Waals surface area (Å²) >= 11 is 5.77. The van der Waals surface area contributed by atoms with E-state index in [-0.39, 0.29) is 17.2 Å². The lowest BCUT2D eigenvalue weighted by Gasteiger charge is -2.25. The largest absolute Gasteiger partial charge is 0.490 e. The van der Waals surface area contributed by atoms with Gasteiger partial charge in [0, 0.05) is 12.6 Å². The number of hydrogen-bond donors (Lipinski definition) is 3. The van der Waals surface area contributed by atoms with Gasteiger partial charge in [0.15, 0.2) is 6.10 Å². The molecule has 104 valence electrons. The Morgan fingerprint density at radius 1 is 1.74 bits per heavy atom. The van der Waals surface area contributed by atoms with Gasteiger partial charge in [-0.15, -0.1) is 0 Å². The summed E-state index contributed by atoms with van der Waals surface area (Å²) < 4.78 is 24.4. The molecule has 5 nitrogen and oxygen atoms in total. The summed E-state index contributed by atoms with van der Waals surface area (Å²) in [5.74, 6) is -0.857. The van der Waals surface area contributed by atoms with Gasteiger partial charge in [-0.25, -0.2) is 4.39 Å². The predicted molar refractivity (Wildman–Crippen MR) is 69.7 cm³/mol. The Morgan fingerprint density at radius 3 is 3.16 bits per heavy atom. The Bertz CT molecular complexity index is 510. The lowest BCUT2D eigenvalue weighted by molar-refractivity contribution is 0.186. The highest BCUT2D eigenvalue weighted by molar-refractivity contribution is 6.31. The fraction of sp³-hybridized carbons (Fsp3) is 0.417. The van der Waals surface area contributed by atoms with Crippen LogP contribution in [0.25, 0.3) is 0 Å². The number of fused-ring (bicyclic) bond motifs is 1. The van der Waals surface area contributed by atoms with Crippen LogP contribution in [0.3, 0.4) is 0 Å². The number of rotatable bonds is 3. The Balaban J connectivity index is 2.48. The number of halogens is 2. The van der Waals surface area contributed by atoms with Gasteiger partial charge in [0.05, 0.1) is 22.9 Å². The monoisotopic (exact) mass is 288 g/mol. The molecule has 0 saturated carbocycles. The molecule has 0 bridgehead atoms. The van der Waals surface area contributed by atoms with E-state index in [2.05, 4.69) is 5.32 Å². The van der Waals surface area contributed by atoms with Crippen LogP contribution in [0.5, 0.6) is 5.75 Å². The second kappa shape index (κ2) is 5.63. The zero-order valence-corrected chi connectivity index (χ0v) is 11.1. The van der Waals surface area contributed by atoms with E-state index in [0.717, 1.165) is 0 Å². The molecule has 1 unspecified atom stereocenters. The maximum atomic E-state index is 14.1. The zero-order valence-electron chi connectivity index (χ0n) is 10.3. The topological polar surface area (TPSA) is 74.6 Å². The van der Waals surface area contributed by atoms with Gasteiger partial charge >= 0.3 is 0 Å². The molecule has 2 rings (SSSR count). The second-order valence-corrected chi connectivity index (χ2v) is 4.34. The summed E-state index contributed by atoms with van der Waals surface area (Å²) in [6.45, 7) is 2.79. The van der Waals surface area contributed by atoms with E-state index in [1.807, 2.05) is 0 Å². The van der Waals surface area contributed by atoms with E-state index in [1.54, 1.807) is 6.92 Å². The van der Waals surface area contributed by atoms with Gasteiger partial charge in [0.2, 0.25) is 5.90 Å². The number of aliphatic hydroxyl groups is 1. The molecule has 1 aliphatic heterocycles. The number of aliphatic hydroxyl groups excluding tert-OH is 1. The lowest BCUT2D eigenvalue weighted by atomic mass is 10.0. The fourth-order valence-corrected chi connectivity index (χ4v) is 2.08. The third-order valence-electron chi connectivity index (χ3n) is 2.70. The van der Waals surface area contributed by atoms with Gasteiger partial charge in [-0.05, 0) is 6.92 Å². The van der Waals surface area contributed by atoms with Crippen LogP contribution in [0.4, 0.5) is 10.1 Å². The molecule has 0 amide bonds. The predicted octanol–water partition coefficient (Wildman–Crippen LogP) is 2.33. The maximum absolute atomic E-state index is 14.1. The Hall–Kier alpha value is -1.53. The first-order valence-electron chi connectivity index (χ1n) is 5.84. The number of benzene rings is 1. The van der Waals surface area contributed by atoms with Crippen LogP contribution in [0.1, 0.15) is 18.6 Å². The van der Waals surface area contributed by atoms with Gasteiger partial charge in [0.1, 0.15) is 18.2 Å². The minimum Gasteiger partial charge on any atom is -0.490 e. The Morgan fingerprint density at radius 2 is 2.47 bits per heavy atom. The normalized spacial score (nSPS) is 14.9. The molecule has 1 aromatic rings. The van der Waals surface area contributed by atoms with Crippen molar-refractivity contribution in [3.63, 3.8) is 0 Å². The van der Waals surface area contributed by atoms with Gasteiger partial charge in [-0.2, -0.15) is 0 Å². The van der Waals surface area contributed by atoms with Crippen molar-refractivity contribution >= 4 is 23.2 Å². The van der Waals surface area contributed by atoms with Gasteiger partial charge < -0.3 is 19.9 Å². The molecule has 19 heavy (non-hydrogen) atoms. The third kappa shape index (κ3) is 2.59. The van der Waals surface area contributed by atoms with Crippen molar-refractivity contribution in [2.45, 2.75) is 13.0 Å². The van der Waals surface area contributed by atoms with Crippen molar-refractivity contribution in [1.82, 2.24) is 0 Å². The minimum atomic E-state index is -1.53. The summed E-state index contributed by atoms with van der Waals surface area (Å²) in [6, 6.07) is 1.35. The molecule has 0 aliphatic carbocycles. The van der Waals surface area contributed by atoms with Crippen LogP contribution in [0.2, 0.25) is 5.02 Å². The van der Waals surface area contributed by atoms with Crippen molar-refractivity contribution in [3.05, 3.63) is 22.5 Å². The van der Waals surface area contributed by atoms with Crippen molar-refractivity contribution in [1.29, 1.82) is 5.41 Å². The number of anilines is 1. The van der Waals surface area contributed by atoms with Gasteiger partial charge in [0.25, 0.3) is 0 Å². The minimum absolute atomic E-state index is 0.124. The first-order chi connectivity index (χ1) is 9.06. The van der Waals surface area contributed by atoms with Crippen LogP contribution in [-0.2, 0) is 4.74 Å². The highest BCUT2D eigenvalue weighted by Crippen LogP contribution is 2.40. The summed E-state index contributed by atoms with van der Waals surface area (Å²) in [5, 5.41) is 20.4. The zero-order chi connectivity index (χ0) is 14.0. The van der Waals surface area contributed by atoms with Gasteiger partial charge in [-0.3, -0.25) is 5.41 Å². The molecule has 1 aromatic carbocycles. The summed E-state index contributed by atoms with van der Waals surface area (Å²) in [6.07, 6.45) is -1.53. The molecule has 1 atom stereocenters. The van der Waals surface area contributed by atoms with Crippen LogP contribution in [0.15, 0.2) is 6.07 Å². The molecular weight excluding hydrogens is 275 g/mol. The summed E-state index contributed by atoms with van der Waals surface area (Å²) in [7, 11) is 0. The lowest BCUT2D eigenvalue weighted by Crippen LogP contribution is -2.23. The summed E-state index contributed by atoms with van der Waals surface area (Å²) in [5.41, 5.74) is 0.186. The molecule has 1 heterocycles. The third-order valence-corrected chi connectivity index (χ3v) is 2.98. The van der Waals surface area contributed by atoms with Crippen LogP contribution >= 0.6 is 11.6 Å². The molecule has 7 heteroatoms. The number of hydrogen-bond acceptors (Lipinski definition) is 5. The summed E-state index contributed by atoms with van der Waals surface area (Å²) in [4.78, 5) is 0. The maximum Gasteiger partial charge on any atom is 0.215 e. The molecular formula is C12H14ClFN2O3. The van der Waals surface area contributed by atoms with Crippen molar-refractivity contribution in [3.8, 4) is 5.75 Å². The number of nitrogens with one attached hydrogen (secondary N) is 2. The second-order valence-electron chi connectivity index (χ2n) is 3.93. The van der Waals surface area contributed by atoms with Gasteiger partial charge in [-0.1, -0.05) is 11.6 Å². The van der Waals surface area contributed by atoms with E-state index in [4.69, 9.17) is 26.5 Å². The first-order valence-corrected chi connectivity index (χ1v) is 6.22. The molecule has 0 saturated heterocycles. The van der Waals surface area contributed by atoms with Crippen molar-refractivity contribution < 1.29 is 19.0 Å². The SMILES string of the molecule is CCOC(=N)C(O)c1c(F)c(Cl)cc2c1NCCO2. The highest BCUT2D eigenvalue weighted by Gasteiger charge is 2.28. The van der Waals surface area contributed by atoms with E-state index < -0.39 is 17.8 Å². The van der Waals surface area contributed by atoms with Crippen molar-refractivity contribution in [2.75, 3.05) is 25.1 Å². The van der Waals surface area contributed by atoms with Crippen LogP contribution in [-0.4, -0.2) is 30.8 Å². The number of ether oxygens (including phenoxy) is 2. The molecule has 0 fully saturated rings. The van der Waals surface area contributed by atoms with Crippen LogP contribution < -0.4 is 10.1 Å². The Kier molecular flexibility index (Phi) is 4.11. The van der Waals surface area contributed by atoms with E-state index in [9.17, 15) is 9.50 Å². The van der Waals surface area contributed by atoms with Crippen LogP contribution in [0, 0.1) is 11.2 Å². The smallest absolute Gasteiger partial charge is 0.215 e. The van der Waals surface area contributed by atoms with Crippen molar-refractivity contribution in [2.24, 2.45) is 0 Å². The van der Waals surface area contributed by atoms with E-state index >= 15 is 0 Å². The average molecular weight is 289 g/mol. The molecule has 0 radical (unpaired) electrons. The highest BCUT2D eigenvalue weighted by atomic mass is 35.5. The van der Waals surface area contributed by atoms with E-state index in [0.29, 0.717) is 24.6 Å². The molecule has 0 aromatic heterocycles. The quantitative estimate of drug-likeness (QED) is 0.589. The Labute approximate surface area is 114 Å². The standard InChI is InChI=1S/C12H14ClFN2O3/c1-2-18-12(15)11(17)8-9(14)6(13)5-7-10(8)16-3-4-19-7/h5,11,15-17H,2-4H2,1H3. The average Bonchev–Trinajstić information content (AvgIpc) is 2.40. The molecule has 3 N–H and O–H groups in total. The molecule has 0 spiro atoms.